The number of hydrogen-bond acceptors (Lipinski definition) is 7. The van der Waals surface area contributed by atoms with E-state index in [4.69, 9.17) is 4.74 Å². The smallest absolute Gasteiger partial charge is 0.337 e. The summed E-state index contributed by atoms with van der Waals surface area (Å²) in [7, 11) is 0. The molecule has 0 aliphatic heterocycles. The van der Waals surface area contributed by atoms with E-state index in [-0.39, 0.29) is 6.42 Å². The Bertz CT molecular complexity index is 1210. The van der Waals surface area contributed by atoms with Gasteiger partial charge in [-0.05, 0) is 61.6 Å². The Hall–Kier alpha value is -3.73. The number of carboxylic acids is 3. The van der Waals surface area contributed by atoms with Gasteiger partial charge in [0.05, 0.1) is 18.9 Å². The number of carbonyl (C=O) groups excluding carboxylic acids is 2. The highest BCUT2D eigenvalue weighted by molar-refractivity contribution is 5.94. The first kappa shape index (κ1) is 40.4. The normalized spacial score (nSPS) is 16.2. The van der Waals surface area contributed by atoms with Crippen molar-refractivity contribution in [2.75, 3.05) is 6.61 Å². The van der Waals surface area contributed by atoms with Crippen LogP contribution in [0.25, 0.3) is 0 Å². The van der Waals surface area contributed by atoms with E-state index in [1.807, 2.05) is 0 Å². The van der Waals surface area contributed by atoms with E-state index in [1.165, 1.54) is 38.2 Å². The minimum Gasteiger partial charge on any atom is -0.494 e. The first-order valence-corrected chi connectivity index (χ1v) is 17.4. The van der Waals surface area contributed by atoms with Crippen LogP contribution < -0.4 is 10.1 Å². The summed E-state index contributed by atoms with van der Waals surface area (Å²) in [6.45, 7) is 4.70. The Balaban J connectivity index is 1.96. The maximum atomic E-state index is 13.3. The molecule has 0 spiro atoms. The number of amides is 1. The lowest BCUT2D eigenvalue weighted by Crippen LogP contribution is -2.55. The number of ketones is 1. The predicted octanol–water partition coefficient (Wildman–Crippen LogP) is 5.96. The number of carboxylic acid groups (broad SMARTS) is 3. The molecule has 5 N–H and O–H groups in total. The van der Waals surface area contributed by atoms with Crippen LogP contribution in [0.1, 0.15) is 116 Å². The fourth-order valence-corrected chi connectivity index (χ4v) is 5.98. The molecule has 268 valence electrons. The Morgan fingerprint density at radius 2 is 1.60 bits per heavy atom. The van der Waals surface area contributed by atoms with Crippen molar-refractivity contribution in [3.05, 3.63) is 42.0 Å². The lowest BCUT2D eigenvalue weighted by atomic mass is 9.82. The maximum absolute atomic E-state index is 13.3. The van der Waals surface area contributed by atoms with Crippen LogP contribution in [0.15, 0.2) is 36.4 Å². The third-order valence-corrected chi connectivity index (χ3v) is 8.99. The Morgan fingerprint density at radius 3 is 2.21 bits per heavy atom. The summed E-state index contributed by atoms with van der Waals surface area (Å²) < 4.78 is 5.68. The van der Waals surface area contributed by atoms with Gasteiger partial charge in [-0.15, -0.1) is 0 Å². The van der Waals surface area contributed by atoms with Gasteiger partial charge in [-0.3, -0.25) is 14.4 Å². The standard InChI is InChI=1S/C37H55NO10/c1-26(2)22-23-48-30-20-17-28(18-21-30)24-32(35(43)44)38-34(42)31(37(47,36(45)46)25-33(40)41)15-11-6-4-3-5-10-14-29(39)19-16-27-12-8-7-9-13-27/h11,15,17-18,20-21,26-27,31-32,47H,3-10,12-14,16,19,22-25H2,1-2H3,(H,38,42)(H,40,41)(H,43,44)(H,45,46)/b15-11+/t31-,32+,37+/m1/s1. The number of aliphatic carboxylic acids is 3. The van der Waals surface area contributed by atoms with E-state index in [0.29, 0.717) is 61.2 Å². The van der Waals surface area contributed by atoms with Crippen molar-refractivity contribution in [2.45, 2.75) is 128 Å². The lowest BCUT2D eigenvalue weighted by molar-refractivity contribution is -0.172. The molecule has 1 aromatic rings. The average molecular weight is 674 g/mol. The molecule has 1 aliphatic rings. The van der Waals surface area contributed by atoms with Crippen LogP contribution in [0.4, 0.5) is 0 Å². The van der Waals surface area contributed by atoms with Gasteiger partial charge in [-0.1, -0.05) is 83.1 Å². The van der Waals surface area contributed by atoms with Gasteiger partial charge >= 0.3 is 17.9 Å². The molecule has 48 heavy (non-hydrogen) atoms. The van der Waals surface area contributed by atoms with Crippen LogP contribution in [-0.2, 0) is 30.4 Å². The molecule has 3 atom stereocenters. The van der Waals surface area contributed by atoms with Gasteiger partial charge in [0, 0.05) is 19.3 Å². The fraction of sp³-hybridized carbons (Fsp3) is 0.649. The lowest BCUT2D eigenvalue weighted by Gasteiger charge is -2.29. The molecule has 1 aliphatic carbocycles. The Labute approximate surface area is 284 Å². The van der Waals surface area contributed by atoms with Gasteiger partial charge in [-0.2, -0.15) is 0 Å². The summed E-state index contributed by atoms with van der Waals surface area (Å²) in [6, 6.07) is 5.22. The second-order valence-corrected chi connectivity index (χ2v) is 13.5. The highest BCUT2D eigenvalue weighted by atomic mass is 16.5. The van der Waals surface area contributed by atoms with E-state index in [1.54, 1.807) is 24.3 Å². The number of Topliss-reactive ketones (excluding diaryl/α,β-unsaturated/α-hetero) is 1. The Kier molecular flexibility index (Phi) is 17.9. The van der Waals surface area contributed by atoms with Crippen molar-refractivity contribution in [2.24, 2.45) is 17.8 Å². The van der Waals surface area contributed by atoms with Crippen molar-refractivity contribution in [3.8, 4) is 5.75 Å². The SMILES string of the molecule is CC(C)CCOc1ccc(C[C@H](NC(=O)[C@@H](/C=C/CCCCCCC(=O)CCC2CCCCC2)[C@@](O)(CC(=O)O)C(=O)O)C(=O)O)cc1. The molecule has 11 nitrogen and oxygen atoms in total. The second kappa shape index (κ2) is 21.3. The zero-order valence-corrected chi connectivity index (χ0v) is 28.5. The third-order valence-electron chi connectivity index (χ3n) is 8.99. The maximum Gasteiger partial charge on any atom is 0.337 e. The summed E-state index contributed by atoms with van der Waals surface area (Å²) in [5.41, 5.74) is -2.45. The van der Waals surface area contributed by atoms with Gasteiger partial charge in [0.2, 0.25) is 5.91 Å². The van der Waals surface area contributed by atoms with Gasteiger partial charge < -0.3 is 30.5 Å². The van der Waals surface area contributed by atoms with Crippen LogP contribution in [0.5, 0.6) is 5.75 Å². The second-order valence-electron chi connectivity index (χ2n) is 13.5. The van der Waals surface area contributed by atoms with Crippen LogP contribution in [0.2, 0.25) is 0 Å². The van der Waals surface area contributed by atoms with E-state index in [9.17, 15) is 44.4 Å². The van der Waals surface area contributed by atoms with E-state index >= 15 is 0 Å². The Morgan fingerprint density at radius 1 is 0.938 bits per heavy atom. The minimum absolute atomic E-state index is 0.142. The molecule has 1 fully saturated rings. The van der Waals surface area contributed by atoms with Crippen LogP contribution in [0, 0.1) is 17.8 Å². The van der Waals surface area contributed by atoms with Gasteiger partial charge in [-0.25, -0.2) is 9.59 Å². The number of nitrogens with one attached hydrogen (secondary N) is 1. The number of rotatable bonds is 24. The molecule has 1 amide bonds. The number of benzene rings is 1. The van der Waals surface area contributed by atoms with Crippen LogP contribution in [-0.4, -0.2) is 68.3 Å². The van der Waals surface area contributed by atoms with Gasteiger partial charge in [0.25, 0.3) is 0 Å². The highest BCUT2D eigenvalue weighted by Gasteiger charge is 2.49. The number of allylic oxidation sites excluding steroid dienone is 1. The zero-order chi connectivity index (χ0) is 35.5. The van der Waals surface area contributed by atoms with Crippen molar-refractivity contribution in [3.63, 3.8) is 0 Å². The molecule has 11 heteroatoms. The molecule has 1 aromatic carbocycles. The summed E-state index contributed by atoms with van der Waals surface area (Å²) >= 11 is 0. The van der Waals surface area contributed by atoms with Crippen molar-refractivity contribution in [1.82, 2.24) is 5.32 Å². The molecule has 0 bridgehead atoms. The third kappa shape index (κ3) is 15.0. The summed E-state index contributed by atoms with van der Waals surface area (Å²) in [5, 5.41) is 42.2. The molecule has 0 heterocycles. The van der Waals surface area contributed by atoms with E-state index in [0.717, 1.165) is 38.2 Å². The summed E-state index contributed by atoms with van der Waals surface area (Å²) in [4.78, 5) is 61.2. The molecular weight excluding hydrogens is 618 g/mol. The highest BCUT2D eigenvalue weighted by Crippen LogP contribution is 2.28. The zero-order valence-electron chi connectivity index (χ0n) is 28.5. The number of hydrogen-bond donors (Lipinski definition) is 5. The summed E-state index contributed by atoms with van der Waals surface area (Å²) in [6.07, 6.45) is 14.0. The fourth-order valence-electron chi connectivity index (χ4n) is 5.98. The monoisotopic (exact) mass is 673 g/mol. The van der Waals surface area contributed by atoms with E-state index in [2.05, 4.69) is 19.2 Å². The van der Waals surface area contributed by atoms with Crippen molar-refractivity contribution < 1.29 is 49.1 Å². The molecule has 0 aromatic heterocycles. The number of carbonyl (C=O) groups is 5. The van der Waals surface area contributed by atoms with E-state index < -0.39 is 47.8 Å². The first-order valence-electron chi connectivity index (χ1n) is 17.4. The molecule has 0 radical (unpaired) electrons. The number of aliphatic hydroxyl groups is 1. The molecule has 2 rings (SSSR count). The molecule has 0 saturated heterocycles. The minimum atomic E-state index is -3.01. The van der Waals surface area contributed by atoms with Crippen molar-refractivity contribution >= 4 is 29.6 Å². The molecular formula is C37H55NO10. The summed E-state index contributed by atoms with van der Waals surface area (Å²) in [5.74, 6) is -5.85. The topological polar surface area (TPSA) is 188 Å². The largest absolute Gasteiger partial charge is 0.494 e. The average Bonchev–Trinajstić information content (AvgIpc) is 3.03. The predicted molar refractivity (Wildman–Crippen MR) is 181 cm³/mol. The van der Waals surface area contributed by atoms with Crippen molar-refractivity contribution in [1.29, 1.82) is 0 Å². The number of unbranched alkanes of at least 4 members (excludes halogenated alkanes) is 4. The quantitative estimate of drug-likeness (QED) is 0.0648. The van der Waals surface area contributed by atoms with Gasteiger partial charge in [0.1, 0.15) is 17.6 Å². The number of ether oxygens (including phenoxy) is 1. The molecule has 1 saturated carbocycles. The first-order chi connectivity index (χ1) is 22.8. The van der Waals surface area contributed by atoms with Crippen LogP contribution in [0.3, 0.4) is 0 Å². The molecule has 0 unspecified atom stereocenters. The van der Waals surface area contributed by atoms with Gasteiger partial charge in [0.15, 0.2) is 5.60 Å². The van der Waals surface area contributed by atoms with Crippen LogP contribution >= 0.6 is 0 Å².